The number of hydrogen-bond donors (Lipinski definition) is 2. The standard InChI is InChI=1S/C22H36N2O2/c1-16-7-6-8-22(2)14-20-17(13-19(16)22)18(21(25)26-20)15-23-9-12-24-10-4-3-5-11-24/h13,16-18,20,23H,3-12,14-15H2,1-2H3/p+2/t16-,17+,18+,20+,22+/m0/s1. The van der Waals surface area contributed by atoms with E-state index in [1.165, 1.54) is 58.2 Å². The van der Waals surface area contributed by atoms with E-state index in [9.17, 15) is 4.79 Å². The van der Waals surface area contributed by atoms with Gasteiger partial charge in [-0.2, -0.15) is 0 Å². The van der Waals surface area contributed by atoms with Gasteiger partial charge in [0, 0.05) is 5.92 Å². The Morgan fingerprint density at radius 2 is 2.08 bits per heavy atom. The number of nitrogens with two attached hydrogens (primary N) is 1. The fourth-order valence-corrected chi connectivity index (χ4v) is 6.22. The number of carbonyl (C=O) groups excluding carboxylic acids is 1. The first kappa shape index (κ1) is 18.5. The number of nitrogens with one attached hydrogen (secondary N) is 1. The number of ether oxygens (including phenoxy) is 1. The second-order valence-electron chi connectivity index (χ2n) is 9.71. The number of hydrogen-bond acceptors (Lipinski definition) is 2. The molecule has 0 unspecified atom stereocenters. The van der Waals surface area contributed by atoms with E-state index in [1.54, 1.807) is 10.5 Å². The summed E-state index contributed by atoms with van der Waals surface area (Å²) in [5.74, 6) is 1.14. The van der Waals surface area contributed by atoms with E-state index >= 15 is 0 Å². The van der Waals surface area contributed by atoms with Crippen LogP contribution in [-0.4, -0.2) is 44.8 Å². The van der Waals surface area contributed by atoms with E-state index < -0.39 is 0 Å². The number of carbonyl (C=O) groups is 1. The second-order valence-corrected chi connectivity index (χ2v) is 9.71. The van der Waals surface area contributed by atoms with Gasteiger partial charge in [0.25, 0.3) is 0 Å². The van der Waals surface area contributed by atoms with E-state index in [4.69, 9.17) is 4.74 Å². The lowest BCUT2D eigenvalue weighted by Gasteiger charge is -2.45. The quantitative estimate of drug-likeness (QED) is 0.434. The minimum Gasteiger partial charge on any atom is -0.461 e. The average Bonchev–Trinajstić information content (AvgIpc) is 2.92. The highest BCUT2D eigenvalue weighted by Gasteiger charge is 2.52. The minimum absolute atomic E-state index is 0.0633. The monoisotopic (exact) mass is 362 g/mol. The van der Waals surface area contributed by atoms with Crippen LogP contribution in [0.3, 0.4) is 0 Å². The summed E-state index contributed by atoms with van der Waals surface area (Å²) in [4.78, 5) is 14.3. The highest BCUT2D eigenvalue weighted by molar-refractivity contribution is 5.76. The molecule has 2 aliphatic heterocycles. The first-order valence-electron chi connectivity index (χ1n) is 11.1. The first-order valence-corrected chi connectivity index (χ1v) is 11.1. The molecule has 3 N–H and O–H groups in total. The maximum atomic E-state index is 12.6. The van der Waals surface area contributed by atoms with Gasteiger partial charge in [0.1, 0.15) is 25.1 Å². The van der Waals surface area contributed by atoms with Crippen molar-refractivity contribution >= 4 is 5.97 Å². The summed E-state index contributed by atoms with van der Waals surface area (Å²) < 4.78 is 5.87. The van der Waals surface area contributed by atoms with Crippen LogP contribution < -0.4 is 10.2 Å². The lowest BCUT2D eigenvalue weighted by atomic mass is 9.59. The molecule has 2 heterocycles. The zero-order valence-electron chi connectivity index (χ0n) is 16.8. The Labute approximate surface area is 158 Å². The normalized spacial score (nSPS) is 40.5. The summed E-state index contributed by atoms with van der Waals surface area (Å²) in [5, 5.41) is 2.38. The zero-order valence-corrected chi connectivity index (χ0v) is 16.8. The molecule has 2 aliphatic carbocycles. The van der Waals surface area contributed by atoms with Gasteiger partial charge < -0.3 is 15.0 Å². The number of esters is 1. The Morgan fingerprint density at radius 3 is 2.88 bits per heavy atom. The topological polar surface area (TPSA) is 47.3 Å². The number of quaternary nitrogens is 2. The van der Waals surface area contributed by atoms with Crippen LogP contribution in [0.2, 0.25) is 0 Å². The van der Waals surface area contributed by atoms with Gasteiger partial charge in [-0.3, -0.25) is 4.79 Å². The molecule has 0 amide bonds. The summed E-state index contributed by atoms with van der Waals surface area (Å²) in [6, 6.07) is 0. The van der Waals surface area contributed by atoms with Crippen LogP contribution >= 0.6 is 0 Å². The molecule has 2 saturated heterocycles. The summed E-state index contributed by atoms with van der Waals surface area (Å²) in [5.41, 5.74) is 1.90. The molecule has 0 radical (unpaired) electrons. The van der Waals surface area contributed by atoms with Crippen molar-refractivity contribution in [2.24, 2.45) is 23.2 Å². The Bertz CT molecular complexity index is 554. The molecule has 4 heteroatoms. The Kier molecular flexibility index (Phi) is 5.43. The molecule has 0 bridgehead atoms. The van der Waals surface area contributed by atoms with Crippen molar-refractivity contribution in [3.05, 3.63) is 11.6 Å². The van der Waals surface area contributed by atoms with Crippen molar-refractivity contribution < 1.29 is 19.7 Å². The Balaban J connectivity index is 1.35. The molecule has 4 aliphatic rings. The highest BCUT2D eigenvalue weighted by Crippen LogP contribution is 2.53. The predicted molar refractivity (Wildman–Crippen MR) is 102 cm³/mol. The van der Waals surface area contributed by atoms with Gasteiger partial charge in [-0.25, -0.2) is 0 Å². The van der Waals surface area contributed by atoms with E-state index in [0.717, 1.165) is 19.5 Å². The lowest BCUT2D eigenvalue weighted by Crippen LogP contribution is -3.15. The van der Waals surface area contributed by atoms with Crippen molar-refractivity contribution in [3.8, 4) is 0 Å². The van der Waals surface area contributed by atoms with Crippen LogP contribution in [-0.2, 0) is 9.53 Å². The van der Waals surface area contributed by atoms with E-state index in [-0.39, 0.29) is 23.4 Å². The van der Waals surface area contributed by atoms with Crippen molar-refractivity contribution in [2.45, 2.75) is 64.9 Å². The second kappa shape index (κ2) is 7.63. The maximum absolute atomic E-state index is 12.6. The van der Waals surface area contributed by atoms with Gasteiger partial charge in [0.2, 0.25) is 0 Å². The number of piperidine rings is 1. The van der Waals surface area contributed by atoms with Crippen molar-refractivity contribution in [1.82, 2.24) is 0 Å². The molecule has 146 valence electrons. The fraction of sp³-hybridized carbons (Fsp3) is 0.864. The minimum atomic E-state index is 0.0633. The van der Waals surface area contributed by atoms with Crippen LogP contribution in [0.1, 0.15) is 58.8 Å². The number of fused-ring (bicyclic) bond motifs is 2. The predicted octanol–water partition coefficient (Wildman–Crippen LogP) is 0.933. The number of allylic oxidation sites excluding steroid dienone is 1. The number of likely N-dealkylation sites (tertiary alicyclic amines) is 1. The number of rotatable bonds is 5. The summed E-state index contributed by atoms with van der Waals surface area (Å²) in [6.45, 7) is 10.7. The third-order valence-corrected chi connectivity index (χ3v) is 7.76. The lowest BCUT2D eigenvalue weighted by molar-refractivity contribution is -0.917. The SMILES string of the molecule is C[C@H]1CCC[C@]2(C)C[C@H]3OC(=O)[C@H](C[NH2+]CC[NH+]4CCCCC4)[C@H]3C=C12. The molecule has 4 nitrogen and oxygen atoms in total. The third-order valence-electron chi connectivity index (χ3n) is 7.76. The van der Waals surface area contributed by atoms with Gasteiger partial charge in [-0.15, -0.1) is 0 Å². The van der Waals surface area contributed by atoms with Crippen molar-refractivity contribution in [2.75, 3.05) is 32.7 Å². The average molecular weight is 363 g/mol. The molecule has 1 saturated carbocycles. The maximum Gasteiger partial charge on any atom is 0.315 e. The summed E-state index contributed by atoms with van der Waals surface area (Å²) >= 11 is 0. The van der Waals surface area contributed by atoms with Crippen LogP contribution in [0.25, 0.3) is 0 Å². The first-order chi connectivity index (χ1) is 12.6. The highest BCUT2D eigenvalue weighted by atomic mass is 16.6. The van der Waals surface area contributed by atoms with Gasteiger partial charge in [0.05, 0.1) is 19.6 Å². The van der Waals surface area contributed by atoms with E-state index in [2.05, 4.69) is 25.2 Å². The fourth-order valence-electron chi connectivity index (χ4n) is 6.22. The van der Waals surface area contributed by atoms with E-state index in [0.29, 0.717) is 11.8 Å². The Hall–Kier alpha value is -0.870. The molecule has 26 heavy (non-hydrogen) atoms. The molecule has 0 spiro atoms. The third kappa shape index (κ3) is 3.60. The van der Waals surface area contributed by atoms with Gasteiger partial charge in [0.15, 0.2) is 0 Å². The van der Waals surface area contributed by atoms with Crippen LogP contribution in [0.4, 0.5) is 0 Å². The van der Waals surface area contributed by atoms with Crippen molar-refractivity contribution in [3.63, 3.8) is 0 Å². The molecule has 3 fully saturated rings. The molecular weight excluding hydrogens is 324 g/mol. The molecule has 0 aromatic carbocycles. The molecule has 4 rings (SSSR count). The molecule has 0 aromatic rings. The molecule has 5 atom stereocenters. The Morgan fingerprint density at radius 1 is 1.27 bits per heavy atom. The van der Waals surface area contributed by atoms with Crippen molar-refractivity contribution in [1.29, 1.82) is 0 Å². The van der Waals surface area contributed by atoms with E-state index in [1.807, 2.05) is 0 Å². The van der Waals surface area contributed by atoms with Crippen LogP contribution in [0, 0.1) is 23.2 Å². The smallest absolute Gasteiger partial charge is 0.315 e. The summed E-state index contributed by atoms with van der Waals surface area (Å²) in [7, 11) is 0. The van der Waals surface area contributed by atoms with Gasteiger partial charge in [-0.1, -0.05) is 31.9 Å². The van der Waals surface area contributed by atoms with Gasteiger partial charge >= 0.3 is 5.97 Å². The molecular formula is C22H38N2O2+2. The van der Waals surface area contributed by atoms with Crippen LogP contribution in [0.5, 0.6) is 0 Å². The van der Waals surface area contributed by atoms with Gasteiger partial charge in [-0.05, 0) is 49.9 Å². The zero-order chi connectivity index (χ0) is 18.1. The summed E-state index contributed by atoms with van der Waals surface area (Å²) in [6.07, 6.45) is 11.7. The molecule has 0 aromatic heterocycles. The van der Waals surface area contributed by atoms with Crippen LogP contribution in [0.15, 0.2) is 11.6 Å². The largest absolute Gasteiger partial charge is 0.461 e.